The molecule has 0 saturated carbocycles. The van der Waals surface area contributed by atoms with Crippen LogP contribution in [-0.4, -0.2) is 46.9 Å². The minimum atomic E-state index is -0.00625. The highest BCUT2D eigenvalue weighted by Crippen LogP contribution is 2.35. The summed E-state index contributed by atoms with van der Waals surface area (Å²) in [6.07, 6.45) is 4.01. The molecule has 2 amide bonds. The van der Waals surface area contributed by atoms with E-state index in [2.05, 4.69) is 21.3 Å². The van der Waals surface area contributed by atoms with Crippen LogP contribution in [0, 0.1) is 0 Å². The number of amides is 2. The summed E-state index contributed by atoms with van der Waals surface area (Å²) < 4.78 is 0. The van der Waals surface area contributed by atoms with Gasteiger partial charge in [0, 0.05) is 54.9 Å². The molecule has 0 spiro atoms. The number of nitrogens with zero attached hydrogens (tertiary/aromatic N) is 3. The molecule has 3 heterocycles. The van der Waals surface area contributed by atoms with Gasteiger partial charge in [0.25, 0.3) is 5.91 Å². The van der Waals surface area contributed by atoms with Gasteiger partial charge < -0.3 is 10.2 Å². The van der Waals surface area contributed by atoms with Crippen LogP contribution in [-0.2, 0) is 17.8 Å². The summed E-state index contributed by atoms with van der Waals surface area (Å²) in [7, 11) is 0. The van der Waals surface area contributed by atoms with Crippen LogP contribution in [0.1, 0.15) is 34.5 Å². The number of rotatable bonds is 5. The highest BCUT2D eigenvalue weighted by Gasteiger charge is 2.38. The van der Waals surface area contributed by atoms with Crippen molar-refractivity contribution < 1.29 is 9.59 Å². The summed E-state index contributed by atoms with van der Waals surface area (Å²) in [6, 6.07) is 23.8. The van der Waals surface area contributed by atoms with E-state index < -0.39 is 0 Å². The van der Waals surface area contributed by atoms with Crippen molar-refractivity contribution in [2.75, 3.05) is 18.0 Å². The number of anilines is 1. The number of nitrogens with one attached hydrogen (secondary N) is 1. The molecule has 6 nitrogen and oxygen atoms in total. The summed E-state index contributed by atoms with van der Waals surface area (Å²) in [4.78, 5) is 34.5. The predicted octanol–water partition coefficient (Wildman–Crippen LogP) is 3.43. The molecule has 0 aliphatic carbocycles. The minimum Gasteiger partial charge on any atom is -0.354 e. The molecule has 1 N–H and O–H groups in total. The molecule has 1 aromatic heterocycles. The van der Waals surface area contributed by atoms with Gasteiger partial charge in [-0.15, -0.1) is 0 Å². The van der Waals surface area contributed by atoms with E-state index in [4.69, 9.17) is 0 Å². The maximum absolute atomic E-state index is 13.4. The third kappa shape index (κ3) is 4.66. The SMILES string of the molecule is O=C(Cc1ccccn1)NC[C@H]1CC[C@@H]2CN(C(=O)c3ccccc3)c3ccccc3CN12. The second-order valence-electron chi connectivity index (χ2n) is 8.77. The van der Waals surface area contributed by atoms with E-state index in [0.29, 0.717) is 25.1 Å². The van der Waals surface area contributed by atoms with Gasteiger partial charge in [-0.3, -0.25) is 19.5 Å². The van der Waals surface area contributed by atoms with Gasteiger partial charge in [0.1, 0.15) is 0 Å². The van der Waals surface area contributed by atoms with E-state index in [1.807, 2.05) is 71.6 Å². The lowest BCUT2D eigenvalue weighted by Gasteiger charge is -2.29. The van der Waals surface area contributed by atoms with Gasteiger partial charge in [-0.1, -0.05) is 42.5 Å². The fourth-order valence-corrected chi connectivity index (χ4v) is 4.99. The molecule has 1 fully saturated rings. The van der Waals surface area contributed by atoms with Crippen molar-refractivity contribution in [3.8, 4) is 0 Å². The molecule has 3 aromatic rings. The lowest BCUT2D eigenvalue weighted by Crippen LogP contribution is -2.46. The van der Waals surface area contributed by atoms with Crippen LogP contribution in [0.5, 0.6) is 0 Å². The Morgan fingerprint density at radius 3 is 2.55 bits per heavy atom. The molecule has 6 heteroatoms. The Labute approximate surface area is 194 Å². The fraction of sp³-hybridized carbons (Fsp3) is 0.296. The zero-order valence-corrected chi connectivity index (χ0v) is 18.6. The molecular weight excluding hydrogens is 412 g/mol. The molecule has 0 bridgehead atoms. The number of benzene rings is 2. The van der Waals surface area contributed by atoms with Crippen LogP contribution in [0.4, 0.5) is 5.69 Å². The van der Waals surface area contributed by atoms with Gasteiger partial charge >= 0.3 is 0 Å². The van der Waals surface area contributed by atoms with Crippen LogP contribution < -0.4 is 10.2 Å². The summed E-state index contributed by atoms with van der Waals surface area (Å²) in [5.41, 5.74) is 3.62. The molecule has 5 rings (SSSR count). The van der Waals surface area contributed by atoms with Crippen LogP contribution in [0.25, 0.3) is 0 Å². The summed E-state index contributed by atoms with van der Waals surface area (Å²) >= 11 is 0. The first-order chi connectivity index (χ1) is 16.2. The van der Waals surface area contributed by atoms with E-state index >= 15 is 0 Å². The van der Waals surface area contributed by atoms with Crippen molar-refractivity contribution in [3.05, 3.63) is 95.8 Å². The Hall–Kier alpha value is -3.51. The van der Waals surface area contributed by atoms with Crippen molar-refractivity contribution in [1.82, 2.24) is 15.2 Å². The smallest absolute Gasteiger partial charge is 0.258 e. The van der Waals surface area contributed by atoms with Gasteiger partial charge in [-0.05, 0) is 48.7 Å². The quantitative estimate of drug-likeness (QED) is 0.660. The molecule has 1 saturated heterocycles. The number of pyridine rings is 1. The average Bonchev–Trinajstić information content (AvgIpc) is 3.15. The summed E-state index contributed by atoms with van der Waals surface area (Å²) in [5, 5.41) is 3.11. The lowest BCUT2D eigenvalue weighted by atomic mass is 10.1. The highest BCUT2D eigenvalue weighted by atomic mass is 16.2. The Balaban J connectivity index is 1.31. The van der Waals surface area contributed by atoms with E-state index in [0.717, 1.165) is 36.3 Å². The number of hydrogen-bond donors (Lipinski definition) is 1. The largest absolute Gasteiger partial charge is 0.354 e. The Morgan fingerprint density at radius 2 is 1.73 bits per heavy atom. The topological polar surface area (TPSA) is 65.5 Å². The molecule has 2 aliphatic rings. The summed E-state index contributed by atoms with van der Waals surface area (Å²) in [6.45, 7) is 2.04. The molecule has 33 heavy (non-hydrogen) atoms. The molecule has 2 aromatic carbocycles. The fourth-order valence-electron chi connectivity index (χ4n) is 4.99. The van der Waals surface area contributed by atoms with Crippen molar-refractivity contribution >= 4 is 17.5 Å². The first-order valence-electron chi connectivity index (χ1n) is 11.6. The van der Waals surface area contributed by atoms with Gasteiger partial charge in [0.05, 0.1) is 6.42 Å². The molecule has 2 aliphatic heterocycles. The number of aromatic nitrogens is 1. The maximum Gasteiger partial charge on any atom is 0.258 e. The van der Waals surface area contributed by atoms with Crippen molar-refractivity contribution in [2.45, 2.75) is 37.9 Å². The first-order valence-corrected chi connectivity index (χ1v) is 11.6. The molecule has 2 atom stereocenters. The highest BCUT2D eigenvalue weighted by molar-refractivity contribution is 6.06. The Kier molecular flexibility index (Phi) is 6.17. The molecule has 0 unspecified atom stereocenters. The van der Waals surface area contributed by atoms with Gasteiger partial charge in [-0.25, -0.2) is 0 Å². The van der Waals surface area contributed by atoms with Gasteiger partial charge in [0.2, 0.25) is 5.91 Å². The zero-order valence-electron chi connectivity index (χ0n) is 18.6. The van der Waals surface area contributed by atoms with Crippen LogP contribution >= 0.6 is 0 Å². The number of para-hydroxylation sites is 1. The van der Waals surface area contributed by atoms with E-state index in [-0.39, 0.29) is 23.9 Å². The minimum absolute atomic E-state index is 0.00625. The molecule has 0 radical (unpaired) electrons. The normalized spacial score (nSPS) is 19.9. The van der Waals surface area contributed by atoms with Crippen molar-refractivity contribution in [3.63, 3.8) is 0 Å². The standard InChI is InChI=1S/C27H28N4O2/c32-26(16-22-11-6-7-15-28-22)29-17-23-13-14-24-19-31(27(33)20-8-2-1-3-9-20)25-12-5-4-10-21(25)18-30(23)24/h1-12,15,23-24H,13-14,16-19H2,(H,29,32)/t23-,24-/m1/s1. The Morgan fingerprint density at radius 1 is 0.939 bits per heavy atom. The monoisotopic (exact) mass is 440 g/mol. The average molecular weight is 441 g/mol. The van der Waals surface area contributed by atoms with Crippen molar-refractivity contribution in [2.24, 2.45) is 0 Å². The van der Waals surface area contributed by atoms with E-state index in [1.54, 1.807) is 6.20 Å². The van der Waals surface area contributed by atoms with Crippen LogP contribution in [0.3, 0.4) is 0 Å². The first kappa shape index (κ1) is 21.3. The third-order valence-corrected chi connectivity index (χ3v) is 6.67. The maximum atomic E-state index is 13.4. The van der Waals surface area contributed by atoms with Gasteiger partial charge in [-0.2, -0.15) is 0 Å². The predicted molar refractivity (Wildman–Crippen MR) is 128 cm³/mol. The van der Waals surface area contributed by atoms with Crippen LogP contribution in [0.15, 0.2) is 79.0 Å². The molecule has 168 valence electrons. The van der Waals surface area contributed by atoms with E-state index in [1.165, 1.54) is 0 Å². The van der Waals surface area contributed by atoms with Gasteiger partial charge in [0.15, 0.2) is 0 Å². The molecular formula is C27H28N4O2. The third-order valence-electron chi connectivity index (χ3n) is 6.67. The lowest BCUT2D eigenvalue weighted by molar-refractivity contribution is -0.120. The number of carbonyl (C=O) groups is 2. The summed E-state index contributed by atoms with van der Waals surface area (Å²) in [5.74, 6) is 0.0327. The van der Waals surface area contributed by atoms with Crippen LogP contribution in [0.2, 0.25) is 0 Å². The van der Waals surface area contributed by atoms with Crippen molar-refractivity contribution in [1.29, 1.82) is 0 Å². The number of hydrogen-bond acceptors (Lipinski definition) is 4. The number of carbonyl (C=O) groups excluding carboxylic acids is 2. The van der Waals surface area contributed by atoms with E-state index in [9.17, 15) is 9.59 Å². The Bertz CT molecular complexity index is 1120. The second-order valence-corrected chi connectivity index (χ2v) is 8.77. The number of fused-ring (bicyclic) bond motifs is 2. The zero-order chi connectivity index (χ0) is 22.6. The second kappa shape index (κ2) is 9.55.